The van der Waals surface area contributed by atoms with E-state index < -0.39 is 0 Å². The zero-order valence-electron chi connectivity index (χ0n) is 29.1. The molecule has 2 nitrogen and oxygen atoms in total. The maximum atomic E-state index is 11.4. The normalized spacial score (nSPS) is 11.5. The summed E-state index contributed by atoms with van der Waals surface area (Å²) in [6.45, 7) is 4.60. The molecule has 0 aliphatic heterocycles. The van der Waals surface area contributed by atoms with Crippen molar-refractivity contribution >= 4 is 6.41 Å². The Hall–Kier alpha value is -0.530. The molecule has 0 heterocycles. The van der Waals surface area contributed by atoms with Crippen molar-refractivity contribution in [2.45, 2.75) is 238 Å². The van der Waals surface area contributed by atoms with Crippen LogP contribution in [-0.2, 0) is 4.79 Å². The van der Waals surface area contributed by atoms with E-state index in [0.29, 0.717) is 6.04 Å². The van der Waals surface area contributed by atoms with Crippen molar-refractivity contribution in [1.29, 1.82) is 0 Å². The lowest BCUT2D eigenvalue weighted by Crippen LogP contribution is -2.30. The number of carbonyl (C=O) groups is 1. The minimum Gasteiger partial charge on any atom is -0.345 e. The Balaban J connectivity index is 3.48. The highest BCUT2D eigenvalue weighted by Crippen LogP contribution is 2.19. The molecule has 0 N–H and O–H groups in total. The van der Waals surface area contributed by atoms with Crippen LogP contribution in [0.4, 0.5) is 0 Å². The Bertz CT molecular complexity index is 442. The van der Waals surface area contributed by atoms with Gasteiger partial charge in [-0.25, -0.2) is 0 Å². The van der Waals surface area contributed by atoms with E-state index in [0.717, 1.165) is 6.41 Å². The van der Waals surface area contributed by atoms with E-state index in [-0.39, 0.29) is 0 Å². The lowest BCUT2D eigenvalue weighted by atomic mass is 9.98. The van der Waals surface area contributed by atoms with Gasteiger partial charge in [-0.1, -0.05) is 219 Å². The number of amides is 1. The number of hydrogen-bond donors (Lipinski definition) is 0. The molecule has 0 unspecified atom stereocenters. The topological polar surface area (TPSA) is 20.3 Å². The second-order valence-electron chi connectivity index (χ2n) is 13.6. The van der Waals surface area contributed by atoms with Crippen LogP contribution in [0.3, 0.4) is 0 Å². The third-order valence-electron chi connectivity index (χ3n) is 9.52. The zero-order chi connectivity index (χ0) is 29.9. The minimum atomic E-state index is 0.464. The summed E-state index contributed by atoms with van der Waals surface area (Å²) < 4.78 is 0. The summed E-state index contributed by atoms with van der Waals surface area (Å²) in [4.78, 5) is 13.4. The Labute approximate surface area is 261 Å². The fourth-order valence-electron chi connectivity index (χ4n) is 6.49. The first-order valence-electron chi connectivity index (χ1n) is 19.4. The van der Waals surface area contributed by atoms with Gasteiger partial charge in [-0.05, 0) is 12.8 Å². The summed E-state index contributed by atoms with van der Waals surface area (Å²) >= 11 is 0. The van der Waals surface area contributed by atoms with Crippen LogP contribution in [0.2, 0.25) is 0 Å². The van der Waals surface area contributed by atoms with Gasteiger partial charge in [0.1, 0.15) is 0 Å². The van der Waals surface area contributed by atoms with Crippen LogP contribution in [0.15, 0.2) is 0 Å². The molecule has 0 aromatic carbocycles. The molecule has 0 aromatic rings. The molecule has 0 fully saturated rings. The molecule has 0 saturated heterocycles. The third-order valence-corrected chi connectivity index (χ3v) is 9.52. The lowest BCUT2D eigenvalue weighted by molar-refractivity contribution is -0.119. The molecule has 246 valence electrons. The molecule has 0 saturated carbocycles. The standard InChI is InChI=1S/C39H79NO/c1-4-6-8-10-12-14-16-18-20-22-24-26-28-30-32-34-36-39(40(3)38-41)37-35-33-31-29-27-25-23-21-19-17-15-13-11-9-7-5-2/h38-39H,4-37H2,1-3H3. The van der Waals surface area contributed by atoms with Crippen LogP contribution >= 0.6 is 0 Å². The monoisotopic (exact) mass is 578 g/mol. The Morgan fingerprint density at radius 3 is 0.756 bits per heavy atom. The summed E-state index contributed by atoms with van der Waals surface area (Å²) in [7, 11) is 2.00. The van der Waals surface area contributed by atoms with Crippen LogP contribution in [0.1, 0.15) is 232 Å². The van der Waals surface area contributed by atoms with Crippen LogP contribution < -0.4 is 0 Å². The highest BCUT2D eigenvalue weighted by atomic mass is 16.1. The van der Waals surface area contributed by atoms with Gasteiger partial charge in [0.05, 0.1) is 0 Å². The molecule has 0 aliphatic rings. The molecule has 0 aromatic heterocycles. The Kier molecular flexibility index (Phi) is 35.2. The molecule has 0 spiro atoms. The van der Waals surface area contributed by atoms with E-state index in [1.54, 1.807) is 0 Å². The van der Waals surface area contributed by atoms with Crippen molar-refractivity contribution in [3.05, 3.63) is 0 Å². The fraction of sp³-hybridized carbons (Fsp3) is 0.974. The number of rotatable bonds is 36. The summed E-state index contributed by atoms with van der Waals surface area (Å²) in [5.74, 6) is 0. The van der Waals surface area contributed by atoms with Crippen LogP contribution in [0.5, 0.6) is 0 Å². The van der Waals surface area contributed by atoms with Crippen LogP contribution in [-0.4, -0.2) is 24.4 Å². The largest absolute Gasteiger partial charge is 0.345 e. The first kappa shape index (κ1) is 40.5. The van der Waals surface area contributed by atoms with Crippen molar-refractivity contribution in [2.24, 2.45) is 0 Å². The molecular formula is C39H79NO. The SMILES string of the molecule is CCCCCCCCCCCCCCCCCCC(CCCCCCCCCCCCCCCCCC)N(C)C=O. The van der Waals surface area contributed by atoms with E-state index in [2.05, 4.69) is 13.8 Å². The van der Waals surface area contributed by atoms with Gasteiger partial charge >= 0.3 is 0 Å². The van der Waals surface area contributed by atoms with Gasteiger partial charge in [0, 0.05) is 13.1 Å². The maximum absolute atomic E-state index is 11.4. The van der Waals surface area contributed by atoms with Gasteiger partial charge in [0.2, 0.25) is 6.41 Å². The van der Waals surface area contributed by atoms with Gasteiger partial charge < -0.3 is 4.90 Å². The highest BCUT2D eigenvalue weighted by Gasteiger charge is 2.12. The molecule has 0 rings (SSSR count). The van der Waals surface area contributed by atoms with Crippen molar-refractivity contribution < 1.29 is 4.79 Å². The molecule has 0 atom stereocenters. The predicted molar refractivity (Wildman–Crippen MR) is 186 cm³/mol. The second kappa shape index (κ2) is 35.7. The second-order valence-corrected chi connectivity index (χ2v) is 13.6. The van der Waals surface area contributed by atoms with Crippen molar-refractivity contribution in [1.82, 2.24) is 4.90 Å². The van der Waals surface area contributed by atoms with Gasteiger partial charge in [0.15, 0.2) is 0 Å². The Morgan fingerprint density at radius 2 is 0.561 bits per heavy atom. The molecule has 2 heteroatoms. The molecule has 1 amide bonds. The number of nitrogens with zero attached hydrogens (tertiary/aromatic N) is 1. The summed E-state index contributed by atoms with van der Waals surface area (Å²) in [5, 5.41) is 0. The lowest BCUT2D eigenvalue weighted by Gasteiger charge is -2.24. The molecule has 41 heavy (non-hydrogen) atoms. The maximum Gasteiger partial charge on any atom is 0.209 e. The van der Waals surface area contributed by atoms with E-state index in [9.17, 15) is 4.79 Å². The molecule has 0 bridgehead atoms. The average Bonchev–Trinajstić information content (AvgIpc) is 2.99. The first-order chi connectivity index (χ1) is 20.3. The quantitative estimate of drug-likeness (QED) is 0.0535. The first-order valence-corrected chi connectivity index (χ1v) is 19.4. The fourth-order valence-corrected chi connectivity index (χ4v) is 6.49. The summed E-state index contributed by atoms with van der Waals surface area (Å²) in [6.07, 6.45) is 48.9. The van der Waals surface area contributed by atoms with Gasteiger partial charge in [-0.3, -0.25) is 4.79 Å². The van der Waals surface area contributed by atoms with Crippen molar-refractivity contribution in [3.63, 3.8) is 0 Å². The number of carbonyl (C=O) groups excluding carboxylic acids is 1. The summed E-state index contributed by atoms with van der Waals surface area (Å²) in [5.41, 5.74) is 0. The zero-order valence-corrected chi connectivity index (χ0v) is 29.1. The summed E-state index contributed by atoms with van der Waals surface area (Å²) in [6, 6.07) is 0.464. The van der Waals surface area contributed by atoms with Crippen molar-refractivity contribution in [3.8, 4) is 0 Å². The molecule has 0 aliphatic carbocycles. The van der Waals surface area contributed by atoms with Crippen LogP contribution in [0, 0.1) is 0 Å². The van der Waals surface area contributed by atoms with Gasteiger partial charge in [-0.15, -0.1) is 0 Å². The number of unbranched alkanes of at least 4 members (excludes halogenated alkanes) is 30. The van der Waals surface area contributed by atoms with Gasteiger partial charge in [0.25, 0.3) is 0 Å². The predicted octanol–water partition coefficient (Wildman–Crippen LogP) is 13.7. The van der Waals surface area contributed by atoms with E-state index in [1.807, 2.05) is 11.9 Å². The van der Waals surface area contributed by atoms with Gasteiger partial charge in [-0.2, -0.15) is 0 Å². The Morgan fingerprint density at radius 1 is 0.366 bits per heavy atom. The van der Waals surface area contributed by atoms with Crippen molar-refractivity contribution in [2.75, 3.05) is 7.05 Å². The average molecular weight is 578 g/mol. The van der Waals surface area contributed by atoms with Crippen LogP contribution in [0.25, 0.3) is 0 Å². The third kappa shape index (κ3) is 32.2. The van der Waals surface area contributed by atoms with E-state index >= 15 is 0 Å². The molecule has 0 radical (unpaired) electrons. The minimum absolute atomic E-state index is 0.464. The molecular weight excluding hydrogens is 498 g/mol. The van der Waals surface area contributed by atoms with E-state index in [4.69, 9.17) is 0 Å². The number of hydrogen-bond acceptors (Lipinski definition) is 1. The van der Waals surface area contributed by atoms with E-state index in [1.165, 1.54) is 218 Å². The highest BCUT2D eigenvalue weighted by molar-refractivity contribution is 5.46. The smallest absolute Gasteiger partial charge is 0.209 e.